The van der Waals surface area contributed by atoms with Gasteiger partial charge in [-0.15, -0.1) is 11.3 Å². The van der Waals surface area contributed by atoms with Gasteiger partial charge in [0, 0.05) is 16.9 Å². The van der Waals surface area contributed by atoms with E-state index in [1.54, 1.807) is 16.7 Å². The summed E-state index contributed by atoms with van der Waals surface area (Å²) in [6.45, 7) is 1.34. The summed E-state index contributed by atoms with van der Waals surface area (Å²) in [6.07, 6.45) is -3.64. The van der Waals surface area contributed by atoms with Gasteiger partial charge in [-0.25, -0.2) is 4.79 Å². The number of hydrogen-bond donors (Lipinski definition) is 3. The van der Waals surface area contributed by atoms with Crippen LogP contribution < -0.4 is 15.5 Å². The summed E-state index contributed by atoms with van der Waals surface area (Å²) < 4.78 is 35.9. The average Bonchev–Trinajstić information content (AvgIpc) is 2.88. The molecule has 2 atom stereocenters. The van der Waals surface area contributed by atoms with Crippen molar-refractivity contribution in [1.29, 1.82) is 0 Å². The fourth-order valence-corrected chi connectivity index (χ4v) is 3.47. The fraction of sp³-hybridized carbons (Fsp3) is 0.538. The number of amides is 3. The van der Waals surface area contributed by atoms with Crippen molar-refractivity contribution in [1.82, 2.24) is 10.6 Å². The van der Waals surface area contributed by atoms with Gasteiger partial charge in [0.2, 0.25) is 0 Å². The summed E-state index contributed by atoms with van der Waals surface area (Å²) in [5.41, 5.74) is 1.19. The van der Waals surface area contributed by atoms with E-state index in [4.69, 9.17) is 0 Å². The molecule has 3 amide bonds. The molecule has 9 heteroatoms. The SMILES string of the molecule is C[C@@H]1c2ccsc2CC[NH+]1CC(=O)NC(=O)NCC(F)(F)F. The smallest absolute Gasteiger partial charge is 0.329 e. The minimum atomic E-state index is -4.50. The molecular formula is C13H17F3N3O2S+. The first-order valence-corrected chi connectivity index (χ1v) is 7.69. The third-order valence-corrected chi connectivity index (χ3v) is 4.62. The summed E-state index contributed by atoms with van der Waals surface area (Å²) in [7, 11) is 0. The Morgan fingerprint density at radius 2 is 2.18 bits per heavy atom. The highest BCUT2D eigenvalue weighted by molar-refractivity contribution is 7.10. The Balaban J connectivity index is 1.82. The molecule has 0 saturated carbocycles. The molecule has 0 aliphatic carbocycles. The minimum absolute atomic E-state index is 0.0515. The number of hydrogen-bond acceptors (Lipinski definition) is 3. The van der Waals surface area contributed by atoms with Crippen molar-refractivity contribution < 1.29 is 27.7 Å². The second-order valence-corrected chi connectivity index (χ2v) is 6.20. The average molecular weight is 336 g/mol. The molecule has 1 aliphatic heterocycles. The van der Waals surface area contributed by atoms with Gasteiger partial charge in [0.1, 0.15) is 12.6 Å². The molecule has 2 heterocycles. The zero-order chi connectivity index (χ0) is 16.3. The summed E-state index contributed by atoms with van der Waals surface area (Å²) in [6, 6.07) is 1.03. The maximum absolute atomic E-state index is 12.0. The highest BCUT2D eigenvalue weighted by Crippen LogP contribution is 2.24. The topological polar surface area (TPSA) is 62.6 Å². The van der Waals surface area contributed by atoms with E-state index in [2.05, 4.69) is 0 Å². The molecule has 0 fully saturated rings. The van der Waals surface area contributed by atoms with Gasteiger partial charge in [-0.2, -0.15) is 13.2 Å². The second kappa shape index (κ2) is 6.66. The first-order valence-electron chi connectivity index (χ1n) is 6.81. The van der Waals surface area contributed by atoms with E-state index in [9.17, 15) is 22.8 Å². The lowest BCUT2D eigenvalue weighted by atomic mass is 10.0. The number of carbonyl (C=O) groups excluding carboxylic acids is 2. The van der Waals surface area contributed by atoms with Gasteiger partial charge >= 0.3 is 12.2 Å². The van der Waals surface area contributed by atoms with Crippen LogP contribution in [0.1, 0.15) is 23.4 Å². The van der Waals surface area contributed by atoms with Crippen LogP contribution in [0.25, 0.3) is 0 Å². The number of thiophene rings is 1. The van der Waals surface area contributed by atoms with Crippen LogP contribution in [0.4, 0.5) is 18.0 Å². The molecule has 22 heavy (non-hydrogen) atoms. The molecule has 1 aromatic heterocycles. The Hall–Kier alpha value is -1.61. The molecule has 5 nitrogen and oxygen atoms in total. The Morgan fingerprint density at radius 3 is 2.86 bits per heavy atom. The molecule has 122 valence electrons. The first-order chi connectivity index (χ1) is 10.3. The Morgan fingerprint density at radius 1 is 1.45 bits per heavy atom. The Bertz CT molecular complexity index is 559. The van der Waals surface area contributed by atoms with E-state index < -0.39 is 24.7 Å². The largest absolute Gasteiger partial charge is 0.405 e. The van der Waals surface area contributed by atoms with Crippen LogP contribution in [-0.2, 0) is 11.2 Å². The first kappa shape index (κ1) is 16.8. The molecule has 0 spiro atoms. The molecule has 0 aromatic carbocycles. The van der Waals surface area contributed by atoms with Crippen molar-refractivity contribution in [2.45, 2.75) is 25.6 Å². The number of halogens is 3. The molecule has 1 unspecified atom stereocenters. The molecule has 1 aliphatic rings. The van der Waals surface area contributed by atoms with Crippen molar-refractivity contribution >= 4 is 23.3 Å². The number of carbonyl (C=O) groups is 2. The van der Waals surface area contributed by atoms with Gasteiger partial charge in [-0.3, -0.25) is 10.1 Å². The quantitative estimate of drug-likeness (QED) is 0.759. The van der Waals surface area contributed by atoms with Crippen LogP contribution in [0, 0.1) is 0 Å². The van der Waals surface area contributed by atoms with E-state index in [1.807, 2.05) is 23.7 Å². The van der Waals surface area contributed by atoms with E-state index in [0.29, 0.717) is 0 Å². The minimum Gasteiger partial charge on any atom is -0.329 e. The molecule has 0 radical (unpaired) electrons. The molecule has 2 rings (SSSR count). The number of nitrogens with one attached hydrogen (secondary N) is 3. The molecule has 3 N–H and O–H groups in total. The predicted molar refractivity (Wildman–Crippen MR) is 74.7 cm³/mol. The summed E-state index contributed by atoms with van der Waals surface area (Å²) >= 11 is 1.69. The number of urea groups is 1. The van der Waals surface area contributed by atoms with Crippen LogP contribution in [0.2, 0.25) is 0 Å². The zero-order valence-electron chi connectivity index (χ0n) is 11.9. The van der Waals surface area contributed by atoms with Crippen LogP contribution in [0.5, 0.6) is 0 Å². The van der Waals surface area contributed by atoms with Crippen LogP contribution in [-0.4, -0.2) is 37.7 Å². The van der Waals surface area contributed by atoms with Crippen molar-refractivity contribution in [3.05, 3.63) is 21.9 Å². The molecule has 1 aromatic rings. The second-order valence-electron chi connectivity index (χ2n) is 5.20. The van der Waals surface area contributed by atoms with Gasteiger partial charge < -0.3 is 10.2 Å². The van der Waals surface area contributed by atoms with Gasteiger partial charge in [0.05, 0.1) is 6.54 Å². The maximum Gasteiger partial charge on any atom is 0.405 e. The highest BCUT2D eigenvalue weighted by Gasteiger charge is 2.31. The lowest BCUT2D eigenvalue weighted by molar-refractivity contribution is -0.924. The third-order valence-electron chi connectivity index (χ3n) is 3.62. The van der Waals surface area contributed by atoms with Gasteiger partial charge in [-0.1, -0.05) is 0 Å². The number of quaternary nitrogens is 1. The van der Waals surface area contributed by atoms with Gasteiger partial charge in [0.15, 0.2) is 6.54 Å². The number of imide groups is 1. The van der Waals surface area contributed by atoms with Gasteiger partial charge in [-0.05, 0) is 18.4 Å². The van der Waals surface area contributed by atoms with E-state index in [0.717, 1.165) is 17.9 Å². The van der Waals surface area contributed by atoms with E-state index in [-0.39, 0.29) is 12.6 Å². The van der Waals surface area contributed by atoms with Gasteiger partial charge in [0.25, 0.3) is 5.91 Å². The summed E-state index contributed by atoms with van der Waals surface area (Å²) in [5.74, 6) is -0.583. The van der Waals surface area contributed by atoms with E-state index >= 15 is 0 Å². The number of rotatable bonds is 3. The van der Waals surface area contributed by atoms with Crippen molar-refractivity contribution in [3.63, 3.8) is 0 Å². The van der Waals surface area contributed by atoms with Crippen molar-refractivity contribution in [3.8, 4) is 0 Å². The predicted octanol–water partition coefficient (Wildman–Crippen LogP) is 0.638. The van der Waals surface area contributed by atoms with Crippen molar-refractivity contribution in [2.24, 2.45) is 0 Å². The zero-order valence-corrected chi connectivity index (χ0v) is 12.7. The normalized spacial score (nSPS) is 21.1. The summed E-state index contributed by atoms with van der Waals surface area (Å²) in [4.78, 5) is 25.3. The monoisotopic (exact) mass is 336 g/mol. The number of fused-ring (bicyclic) bond motifs is 1. The third kappa shape index (κ3) is 4.44. The fourth-order valence-electron chi connectivity index (χ4n) is 2.49. The Kier molecular flexibility index (Phi) is 5.07. The maximum atomic E-state index is 12.0. The Labute approximate surface area is 129 Å². The molecule has 0 saturated heterocycles. The lowest BCUT2D eigenvalue weighted by Gasteiger charge is -2.29. The highest BCUT2D eigenvalue weighted by atomic mass is 32.1. The van der Waals surface area contributed by atoms with Crippen LogP contribution in [0.15, 0.2) is 11.4 Å². The van der Waals surface area contributed by atoms with Crippen LogP contribution >= 0.6 is 11.3 Å². The number of alkyl halides is 3. The van der Waals surface area contributed by atoms with Crippen molar-refractivity contribution in [2.75, 3.05) is 19.6 Å². The van der Waals surface area contributed by atoms with Crippen LogP contribution in [0.3, 0.4) is 0 Å². The van der Waals surface area contributed by atoms with E-state index in [1.165, 1.54) is 10.4 Å². The standard InChI is InChI=1S/C13H16F3N3O2S/c1-8-9-3-5-22-10(9)2-4-19(8)6-11(20)18-12(21)17-7-13(14,15)16/h3,5,8H,2,4,6-7H2,1H3,(H2,17,18,20,21)/p+1/t8-/m1/s1. The molecule has 0 bridgehead atoms. The molecular weight excluding hydrogens is 319 g/mol. The summed E-state index contributed by atoms with van der Waals surface area (Å²) in [5, 5.41) is 5.55. The lowest BCUT2D eigenvalue weighted by Crippen LogP contribution is -3.14.